The quantitative estimate of drug-likeness (QED) is 0.180. The summed E-state index contributed by atoms with van der Waals surface area (Å²) in [6.45, 7) is 9.73. The van der Waals surface area contributed by atoms with Crippen molar-refractivity contribution in [2.24, 2.45) is 0 Å². The molecule has 10 nitrogen and oxygen atoms in total. The van der Waals surface area contributed by atoms with E-state index in [0.29, 0.717) is 11.3 Å². The summed E-state index contributed by atoms with van der Waals surface area (Å²) in [5.41, 5.74) is -0.312. The van der Waals surface area contributed by atoms with Crippen LogP contribution < -0.4 is 10.6 Å². The first kappa shape index (κ1) is 37.7. The Labute approximate surface area is 276 Å². The van der Waals surface area contributed by atoms with Crippen molar-refractivity contribution in [2.45, 2.75) is 83.7 Å². The Bertz CT molecular complexity index is 1440. The van der Waals surface area contributed by atoms with Gasteiger partial charge in [-0.15, -0.1) is 6.42 Å². The Balaban J connectivity index is 2.63. The number of thioether (sulfide) groups is 1. The third kappa shape index (κ3) is 12.1. The van der Waals surface area contributed by atoms with E-state index in [1.165, 1.54) is 11.8 Å². The van der Waals surface area contributed by atoms with Gasteiger partial charge in [-0.05, 0) is 77.2 Å². The molecule has 0 aromatic heterocycles. The zero-order valence-corrected chi connectivity index (χ0v) is 28.4. The minimum atomic E-state index is -1.43. The van der Waals surface area contributed by atoms with Gasteiger partial charge in [0.25, 0.3) is 0 Å². The lowest BCUT2D eigenvalue weighted by atomic mass is 9.96. The van der Waals surface area contributed by atoms with E-state index in [-0.39, 0.29) is 18.4 Å². The standard InChI is InChI=1S/C35H44N4O6S/c1-9-25-17-13-14-18-26(25)29(30(40)37-28(32(42)44-34(2,3)4)23-24-15-11-10-12-16-24)39(21-20-36)31(41)27(19-22-46-8)38-33(43)45-35(5,6)7/h1,10-18,27-29H,19,21-23H2,2-8H3,(H,37,40)(H,38,43). The second kappa shape index (κ2) is 17.3. The van der Waals surface area contributed by atoms with E-state index >= 15 is 0 Å². The first-order valence-corrected chi connectivity index (χ1v) is 16.3. The number of nitrogens with one attached hydrogen (secondary N) is 2. The summed E-state index contributed by atoms with van der Waals surface area (Å²) in [4.78, 5) is 55.8. The smallest absolute Gasteiger partial charge is 0.408 e. The van der Waals surface area contributed by atoms with Gasteiger partial charge in [-0.2, -0.15) is 17.0 Å². The van der Waals surface area contributed by atoms with Crippen LogP contribution in [-0.4, -0.2) is 70.6 Å². The lowest BCUT2D eigenvalue weighted by Crippen LogP contribution is -2.55. The first-order valence-electron chi connectivity index (χ1n) is 14.9. The van der Waals surface area contributed by atoms with Crippen molar-refractivity contribution >= 4 is 35.6 Å². The van der Waals surface area contributed by atoms with Crippen molar-refractivity contribution in [1.82, 2.24) is 15.5 Å². The van der Waals surface area contributed by atoms with Gasteiger partial charge >= 0.3 is 12.1 Å². The molecule has 0 spiro atoms. The van der Waals surface area contributed by atoms with Crippen LogP contribution in [0.25, 0.3) is 0 Å². The van der Waals surface area contributed by atoms with Crippen molar-refractivity contribution in [1.29, 1.82) is 5.26 Å². The number of nitrogens with zero attached hydrogens (tertiary/aromatic N) is 2. The number of carbonyl (C=O) groups is 4. The lowest BCUT2D eigenvalue weighted by molar-refractivity contribution is -0.159. The van der Waals surface area contributed by atoms with Crippen LogP contribution in [0, 0.1) is 23.7 Å². The van der Waals surface area contributed by atoms with Crippen LogP contribution in [0.5, 0.6) is 0 Å². The van der Waals surface area contributed by atoms with Crippen molar-refractivity contribution in [2.75, 3.05) is 18.6 Å². The molecule has 3 unspecified atom stereocenters. The van der Waals surface area contributed by atoms with Crippen molar-refractivity contribution in [3.8, 4) is 18.4 Å². The second-order valence-corrected chi connectivity index (χ2v) is 13.5. The van der Waals surface area contributed by atoms with Gasteiger partial charge in [-0.25, -0.2) is 9.59 Å². The highest BCUT2D eigenvalue weighted by molar-refractivity contribution is 7.98. The number of esters is 1. The maximum absolute atomic E-state index is 14.3. The fourth-order valence-electron chi connectivity index (χ4n) is 4.50. The molecular formula is C35H44N4O6S. The Morgan fingerprint density at radius 1 is 0.913 bits per heavy atom. The van der Waals surface area contributed by atoms with Gasteiger partial charge in [0.1, 0.15) is 35.9 Å². The number of alkyl carbamates (subject to hydrolysis) is 1. The molecule has 0 heterocycles. The van der Waals surface area contributed by atoms with E-state index in [2.05, 4.69) is 16.6 Å². The molecule has 0 aliphatic heterocycles. The van der Waals surface area contributed by atoms with Gasteiger partial charge in [0, 0.05) is 12.0 Å². The average Bonchev–Trinajstić information content (AvgIpc) is 2.97. The highest BCUT2D eigenvalue weighted by Crippen LogP contribution is 2.27. The molecule has 0 saturated carbocycles. The number of benzene rings is 2. The van der Waals surface area contributed by atoms with E-state index in [4.69, 9.17) is 15.9 Å². The second-order valence-electron chi connectivity index (χ2n) is 12.5. The monoisotopic (exact) mass is 648 g/mol. The van der Waals surface area contributed by atoms with E-state index in [1.54, 1.807) is 65.8 Å². The molecule has 0 aliphatic carbocycles. The van der Waals surface area contributed by atoms with Gasteiger partial charge in [-0.3, -0.25) is 9.59 Å². The number of ether oxygens (including phenoxy) is 2. The van der Waals surface area contributed by atoms with Gasteiger partial charge in [0.15, 0.2) is 0 Å². The van der Waals surface area contributed by atoms with Gasteiger partial charge < -0.3 is 25.0 Å². The summed E-state index contributed by atoms with van der Waals surface area (Å²) in [6.07, 6.45) is 7.14. The van der Waals surface area contributed by atoms with E-state index in [0.717, 1.165) is 10.5 Å². The predicted octanol–water partition coefficient (Wildman–Crippen LogP) is 4.78. The fraction of sp³-hybridized carbons (Fsp3) is 0.457. The number of amides is 3. The molecule has 2 aromatic carbocycles. The van der Waals surface area contributed by atoms with Crippen LogP contribution in [-0.2, 0) is 30.3 Å². The zero-order valence-electron chi connectivity index (χ0n) is 27.6. The Kier molecular flexibility index (Phi) is 14.2. The van der Waals surface area contributed by atoms with Crippen molar-refractivity contribution in [3.63, 3.8) is 0 Å². The predicted molar refractivity (Wildman–Crippen MR) is 179 cm³/mol. The summed E-state index contributed by atoms with van der Waals surface area (Å²) in [7, 11) is 0. The van der Waals surface area contributed by atoms with Crippen LogP contribution in [0.1, 0.15) is 70.7 Å². The topological polar surface area (TPSA) is 138 Å². The molecule has 46 heavy (non-hydrogen) atoms. The molecule has 0 aliphatic rings. The molecule has 11 heteroatoms. The Morgan fingerprint density at radius 3 is 2.09 bits per heavy atom. The van der Waals surface area contributed by atoms with Crippen LogP contribution in [0.4, 0.5) is 4.79 Å². The van der Waals surface area contributed by atoms with Gasteiger partial charge in [-0.1, -0.05) is 54.5 Å². The van der Waals surface area contributed by atoms with Crippen LogP contribution >= 0.6 is 11.8 Å². The number of hydrogen-bond donors (Lipinski definition) is 2. The molecule has 2 N–H and O–H groups in total. The van der Waals surface area contributed by atoms with Gasteiger partial charge in [0.05, 0.1) is 6.07 Å². The molecular weight excluding hydrogens is 604 g/mol. The summed E-state index contributed by atoms with van der Waals surface area (Å²) in [5, 5.41) is 15.3. The third-order valence-electron chi connectivity index (χ3n) is 6.39. The van der Waals surface area contributed by atoms with E-state index in [1.807, 2.05) is 42.7 Å². The Hall–Kier alpha value is -4.48. The molecule has 3 amide bonds. The maximum Gasteiger partial charge on any atom is 0.408 e. The average molecular weight is 649 g/mol. The SMILES string of the molecule is C#Cc1ccccc1C(C(=O)NC(Cc1ccccc1)C(=O)OC(C)(C)C)N(CC#N)C(=O)C(CCSC)NC(=O)OC(C)(C)C. The number of nitriles is 1. The number of hydrogen-bond acceptors (Lipinski definition) is 8. The lowest BCUT2D eigenvalue weighted by Gasteiger charge is -2.34. The van der Waals surface area contributed by atoms with Crippen molar-refractivity contribution < 1.29 is 28.7 Å². The summed E-state index contributed by atoms with van der Waals surface area (Å²) >= 11 is 1.46. The number of terminal acetylenes is 1. The fourth-order valence-corrected chi connectivity index (χ4v) is 4.97. The molecule has 2 aromatic rings. The first-order chi connectivity index (χ1) is 21.6. The Morgan fingerprint density at radius 2 is 1.52 bits per heavy atom. The van der Waals surface area contributed by atoms with E-state index < -0.39 is 59.7 Å². The molecule has 0 radical (unpaired) electrons. The summed E-state index contributed by atoms with van der Waals surface area (Å²) in [6, 6.07) is 13.9. The normalized spacial score (nSPS) is 13.2. The third-order valence-corrected chi connectivity index (χ3v) is 7.03. The summed E-state index contributed by atoms with van der Waals surface area (Å²) in [5.74, 6) is 0.927. The molecule has 0 bridgehead atoms. The highest BCUT2D eigenvalue weighted by atomic mass is 32.2. The zero-order chi connectivity index (χ0) is 34.5. The molecule has 0 saturated heterocycles. The molecule has 3 atom stereocenters. The minimum Gasteiger partial charge on any atom is -0.458 e. The number of rotatable bonds is 13. The summed E-state index contributed by atoms with van der Waals surface area (Å²) < 4.78 is 11.0. The van der Waals surface area contributed by atoms with Gasteiger partial charge in [0.2, 0.25) is 11.8 Å². The van der Waals surface area contributed by atoms with Crippen LogP contribution in [0.2, 0.25) is 0 Å². The molecule has 0 fully saturated rings. The molecule has 2 rings (SSSR count). The maximum atomic E-state index is 14.3. The highest BCUT2D eigenvalue weighted by Gasteiger charge is 2.39. The van der Waals surface area contributed by atoms with E-state index in [9.17, 15) is 24.4 Å². The molecule has 246 valence electrons. The minimum absolute atomic E-state index is 0.105. The number of carbonyl (C=O) groups excluding carboxylic acids is 4. The largest absolute Gasteiger partial charge is 0.458 e. The van der Waals surface area contributed by atoms with Crippen molar-refractivity contribution in [3.05, 3.63) is 71.3 Å². The van der Waals surface area contributed by atoms with Crippen LogP contribution in [0.15, 0.2) is 54.6 Å². The van der Waals surface area contributed by atoms with Crippen LogP contribution in [0.3, 0.4) is 0 Å².